The van der Waals surface area contributed by atoms with Gasteiger partial charge >= 0.3 is 5.97 Å². The second-order valence-corrected chi connectivity index (χ2v) is 5.14. The third-order valence-electron chi connectivity index (χ3n) is 3.58. The quantitative estimate of drug-likeness (QED) is 0.760. The number of hydrogen-bond donors (Lipinski definition) is 0. The minimum Gasteiger partial charge on any atom is -0.465 e. The molecule has 110 valence electrons. The van der Waals surface area contributed by atoms with E-state index in [1.807, 2.05) is 20.9 Å². The number of aryl methyl sites for hydroxylation is 2. The van der Waals surface area contributed by atoms with Crippen LogP contribution in [0.4, 0.5) is 0 Å². The largest absolute Gasteiger partial charge is 0.465 e. The Bertz CT molecular complexity index is 532. The van der Waals surface area contributed by atoms with Crippen LogP contribution in [0.25, 0.3) is 0 Å². The van der Waals surface area contributed by atoms with Crippen molar-refractivity contribution in [1.82, 2.24) is 14.7 Å². The first kappa shape index (κ1) is 14.6. The average molecular weight is 279 g/mol. The third-order valence-corrected chi connectivity index (χ3v) is 3.58. The highest BCUT2D eigenvalue weighted by Gasteiger charge is 2.36. The molecule has 0 spiro atoms. The molecule has 1 aromatic rings. The van der Waals surface area contributed by atoms with Crippen LogP contribution in [0, 0.1) is 13.8 Å². The summed E-state index contributed by atoms with van der Waals surface area (Å²) in [4.78, 5) is 26.0. The van der Waals surface area contributed by atoms with Gasteiger partial charge in [0.1, 0.15) is 6.54 Å². The molecular weight excluding hydrogens is 258 g/mol. The highest BCUT2D eigenvalue weighted by molar-refractivity contribution is 5.98. The number of aromatic nitrogens is 2. The van der Waals surface area contributed by atoms with E-state index in [1.54, 1.807) is 16.5 Å². The van der Waals surface area contributed by atoms with E-state index in [-0.39, 0.29) is 24.5 Å². The molecule has 0 atom stereocenters. The van der Waals surface area contributed by atoms with Crippen molar-refractivity contribution in [1.29, 1.82) is 0 Å². The van der Waals surface area contributed by atoms with Crippen molar-refractivity contribution in [2.75, 3.05) is 13.2 Å². The third kappa shape index (κ3) is 2.84. The van der Waals surface area contributed by atoms with Crippen molar-refractivity contribution in [2.45, 2.75) is 39.7 Å². The topological polar surface area (TPSA) is 64.4 Å². The molecule has 20 heavy (non-hydrogen) atoms. The number of hydrogen-bond acceptors (Lipinski definition) is 4. The Labute approximate surface area is 118 Å². The summed E-state index contributed by atoms with van der Waals surface area (Å²) in [7, 11) is 1.81. The van der Waals surface area contributed by atoms with Gasteiger partial charge in [0, 0.05) is 18.8 Å². The second kappa shape index (κ2) is 5.64. The summed E-state index contributed by atoms with van der Waals surface area (Å²) in [6.07, 6.45) is 1.90. The Balaban J connectivity index is 2.21. The van der Waals surface area contributed by atoms with E-state index in [9.17, 15) is 9.59 Å². The van der Waals surface area contributed by atoms with Gasteiger partial charge in [0.15, 0.2) is 0 Å². The van der Waals surface area contributed by atoms with Crippen molar-refractivity contribution in [2.24, 2.45) is 7.05 Å². The smallest absolute Gasteiger partial charge is 0.325 e. The van der Waals surface area contributed by atoms with Crippen LogP contribution in [0.3, 0.4) is 0 Å². The fourth-order valence-electron chi connectivity index (χ4n) is 2.33. The molecule has 0 aromatic carbocycles. The van der Waals surface area contributed by atoms with Crippen molar-refractivity contribution < 1.29 is 14.3 Å². The molecule has 6 nitrogen and oxygen atoms in total. The lowest BCUT2D eigenvalue weighted by Gasteiger charge is -2.21. The molecular formula is C14H21N3O3. The Kier molecular flexibility index (Phi) is 4.11. The Hall–Kier alpha value is -1.85. The van der Waals surface area contributed by atoms with E-state index in [2.05, 4.69) is 5.10 Å². The molecule has 6 heteroatoms. The van der Waals surface area contributed by atoms with Crippen molar-refractivity contribution >= 4 is 11.9 Å². The van der Waals surface area contributed by atoms with Gasteiger partial charge in [-0.05, 0) is 33.6 Å². The van der Waals surface area contributed by atoms with Crippen LogP contribution in [0.15, 0.2) is 0 Å². The minimum absolute atomic E-state index is 0.0190. The maximum atomic E-state index is 12.7. The van der Waals surface area contributed by atoms with Crippen LogP contribution in [-0.2, 0) is 16.6 Å². The van der Waals surface area contributed by atoms with Crippen LogP contribution in [-0.4, -0.2) is 45.8 Å². The van der Waals surface area contributed by atoms with Gasteiger partial charge in [0.05, 0.1) is 17.9 Å². The summed E-state index contributed by atoms with van der Waals surface area (Å²) < 4.78 is 6.64. The molecule has 1 aromatic heterocycles. The van der Waals surface area contributed by atoms with Crippen molar-refractivity contribution in [3.8, 4) is 0 Å². The van der Waals surface area contributed by atoms with Gasteiger partial charge in [-0.3, -0.25) is 14.3 Å². The fraction of sp³-hybridized carbons (Fsp3) is 0.643. The monoisotopic (exact) mass is 279 g/mol. The molecule has 1 amide bonds. The van der Waals surface area contributed by atoms with Crippen LogP contribution < -0.4 is 0 Å². The molecule has 1 fully saturated rings. The SMILES string of the molecule is CCOC(=O)CN(C(=O)c1c(C)nn(C)c1C)C1CC1. The first-order chi connectivity index (χ1) is 9.45. The maximum absolute atomic E-state index is 12.7. The van der Waals surface area contributed by atoms with Gasteiger partial charge in [0.2, 0.25) is 0 Å². The van der Waals surface area contributed by atoms with E-state index in [4.69, 9.17) is 4.74 Å². The van der Waals surface area contributed by atoms with Crippen LogP contribution in [0.5, 0.6) is 0 Å². The molecule has 1 aliphatic carbocycles. The second-order valence-electron chi connectivity index (χ2n) is 5.14. The number of esters is 1. The standard InChI is InChI=1S/C14H21N3O3/c1-5-20-12(18)8-17(11-6-7-11)14(19)13-9(2)15-16(4)10(13)3/h11H,5-8H2,1-4H3. The molecule has 0 N–H and O–H groups in total. The van der Waals surface area contributed by atoms with Crippen molar-refractivity contribution in [3.63, 3.8) is 0 Å². The highest BCUT2D eigenvalue weighted by atomic mass is 16.5. The summed E-state index contributed by atoms with van der Waals surface area (Å²) >= 11 is 0. The first-order valence-corrected chi connectivity index (χ1v) is 6.92. The summed E-state index contributed by atoms with van der Waals surface area (Å²) in [6, 6.07) is 0.158. The van der Waals surface area contributed by atoms with E-state index in [0.717, 1.165) is 18.5 Å². The molecule has 0 bridgehead atoms. The van der Waals surface area contributed by atoms with E-state index in [0.29, 0.717) is 17.9 Å². The molecule has 0 saturated heterocycles. The Morgan fingerprint density at radius 3 is 2.50 bits per heavy atom. The van der Waals surface area contributed by atoms with Crippen LogP contribution in [0.1, 0.15) is 41.5 Å². The lowest BCUT2D eigenvalue weighted by atomic mass is 10.1. The van der Waals surface area contributed by atoms with Gasteiger partial charge in [-0.25, -0.2) is 0 Å². The normalized spacial score (nSPS) is 14.2. The van der Waals surface area contributed by atoms with Crippen molar-refractivity contribution in [3.05, 3.63) is 17.0 Å². The minimum atomic E-state index is -0.355. The van der Waals surface area contributed by atoms with Gasteiger partial charge in [-0.2, -0.15) is 5.10 Å². The molecule has 1 saturated carbocycles. The lowest BCUT2D eigenvalue weighted by molar-refractivity contribution is -0.144. The molecule has 1 heterocycles. The highest BCUT2D eigenvalue weighted by Crippen LogP contribution is 2.29. The summed E-state index contributed by atoms with van der Waals surface area (Å²) in [6.45, 7) is 5.79. The summed E-state index contributed by atoms with van der Waals surface area (Å²) in [5.41, 5.74) is 2.12. The Morgan fingerprint density at radius 1 is 1.40 bits per heavy atom. The molecule has 2 rings (SSSR count). The van der Waals surface area contributed by atoms with E-state index in [1.165, 1.54) is 0 Å². The zero-order valence-corrected chi connectivity index (χ0v) is 12.5. The predicted octanol–water partition coefficient (Wildman–Crippen LogP) is 1.20. The van der Waals surface area contributed by atoms with Gasteiger partial charge in [-0.15, -0.1) is 0 Å². The molecule has 0 unspecified atom stereocenters. The first-order valence-electron chi connectivity index (χ1n) is 6.92. The predicted molar refractivity (Wildman–Crippen MR) is 73.4 cm³/mol. The zero-order valence-electron chi connectivity index (χ0n) is 12.5. The Morgan fingerprint density at radius 2 is 2.05 bits per heavy atom. The molecule has 0 aliphatic heterocycles. The number of nitrogens with zero attached hydrogens (tertiary/aromatic N) is 3. The molecule has 1 aliphatic rings. The number of ether oxygens (including phenoxy) is 1. The van der Waals surface area contributed by atoms with E-state index >= 15 is 0 Å². The number of carbonyl (C=O) groups excluding carboxylic acids is 2. The number of carbonyl (C=O) groups is 2. The van der Waals surface area contributed by atoms with E-state index < -0.39 is 0 Å². The van der Waals surface area contributed by atoms with Gasteiger partial charge < -0.3 is 9.64 Å². The molecule has 0 radical (unpaired) electrons. The van der Waals surface area contributed by atoms with Gasteiger partial charge in [0.25, 0.3) is 5.91 Å². The average Bonchev–Trinajstić information content (AvgIpc) is 3.16. The lowest BCUT2D eigenvalue weighted by Crippen LogP contribution is -2.38. The maximum Gasteiger partial charge on any atom is 0.325 e. The fourth-order valence-corrected chi connectivity index (χ4v) is 2.33. The van der Waals surface area contributed by atoms with Gasteiger partial charge in [-0.1, -0.05) is 0 Å². The summed E-state index contributed by atoms with van der Waals surface area (Å²) in [5, 5.41) is 4.26. The van der Waals surface area contributed by atoms with Crippen LogP contribution in [0.2, 0.25) is 0 Å². The summed E-state index contributed by atoms with van der Waals surface area (Å²) in [5.74, 6) is -0.476. The number of amides is 1. The zero-order chi connectivity index (χ0) is 14.9. The number of rotatable bonds is 5. The van der Waals surface area contributed by atoms with Crippen LogP contribution >= 0.6 is 0 Å².